The molecule has 1 aliphatic carbocycles. The highest BCUT2D eigenvalue weighted by molar-refractivity contribution is 5.90. The van der Waals surface area contributed by atoms with E-state index >= 15 is 0 Å². The lowest BCUT2D eigenvalue weighted by Gasteiger charge is -2.23. The van der Waals surface area contributed by atoms with E-state index in [9.17, 15) is 14.7 Å². The van der Waals surface area contributed by atoms with Crippen molar-refractivity contribution in [2.75, 3.05) is 38.2 Å². The molecule has 0 unspecified atom stereocenters. The molecular weight excluding hydrogens is 360 g/mol. The fraction of sp³-hybridized carbons (Fsp3) is 0.619. The number of carboxylic acid groups (broad SMARTS) is 1. The first-order valence-corrected chi connectivity index (χ1v) is 10.2. The van der Waals surface area contributed by atoms with Crippen LogP contribution in [0.2, 0.25) is 0 Å². The van der Waals surface area contributed by atoms with Gasteiger partial charge in [0.2, 0.25) is 0 Å². The lowest BCUT2D eigenvalue weighted by Crippen LogP contribution is -2.38. The van der Waals surface area contributed by atoms with Crippen molar-refractivity contribution >= 4 is 17.7 Å². The standard InChI is InChI=1S/C21H28N2O5/c24-19(25)21-9-1-2-16(21)12-23(14-21)20(26)22-17-3-5-18(6-4-17)28-13-15-7-10-27-11-8-15/h3-6,15-16H,1-2,7-14H2,(H,22,26)(H,24,25)/t16-,21+/m0/s1. The van der Waals surface area contributed by atoms with E-state index in [0.717, 1.165) is 44.6 Å². The first-order chi connectivity index (χ1) is 13.6. The number of ether oxygens (including phenoxy) is 2. The molecule has 2 saturated heterocycles. The summed E-state index contributed by atoms with van der Waals surface area (Å²) in [5.74, 6) is 0.613. The predicted molar refractivity (Wildman–Crippen MR) is 103 cm³/mol. The van der Waals surface area contributed by atoms with Gasteiger partial charge in [-0.3, -0.25) is 4.79 Å². The smallest absolute Gasteiger partial charge is 0.321 e. The molecule has 2 heterocycles. The zero-order chi connectivity index (χ0) is 19.6. The Hall–Kier alpha value is -2.28. The number of aliphatic carboxylic acids is 1. The van der Waals surface area contributed by atoms with Crippen LogP contribution in [0.15, 0.2) is 24.3 Å². The number of hydrogen-bond acceptors (Lipinski definition) is 4. The third-order valence-electron chi connectivity index (χ3n) is 6.52. The number of carbonyl (C=O) groups excluding carboxylic acids is 1. The molecule has 7 heteroatoms. The highest BCUT2D eigenvalue weighted by Gasteiger charge is 2.55. The topological polar surface area (TPSA) is 88.1 Å². The summed E-state index contributed by atoms with van der Waals surface area (Å²) in [5.41, 5.74) is -0.0658. The third kappa shape index (κ3) is 3.81. The molecule has 2 N–H and O–H groups in total. The fourth-order valence-electron chi connectivity index (χ4n) is 4.76. The van der Waals surface area contributed by atoms with Crippen molar-refractivity contribution in [3.8, 4) is 5.75 Å². The SMILES string of the molecule is O=C(Nc1ccc(OCC2CCOCC2)cc1)N1C[C@@H]2CCC[C@@]2(C(=O)O)C1. The highest BCUT2D eigenvalue weighted by atomic mass is 16.5. The summed E-state index contributed by atoms with van der Waals surface area (Å²) in [6.45, 7) is 3.11. The molecule has 0 spiro atoms. The Morgan fingerprint density at radius 2 is 1.96 bits per heavy atom. The molecule has 0 radical (unpaired) electrons. The third-order valence-corrected chi connectivity index (χ3v) is 6.52. The van der Waals surface area contributed by atoms with Crippen LogP contribution >= 0.6 is 0 Å². The fourth-order valence-corrected chi connectivity index (χ4v) is 4.76. The van der Waals surface area contributed by atoms with Crippen molar-refractivity contribution in [1.29, 1.82) is 0 Å². The molecule has 3 aliphatic rings. The summed E-state index contributed by atoms with van der Waals surface area (Å²) < 4.78 is 11.2. The summed E-state index contributed by atoms with van der Waals surface area (Å²) in [4.78, 5) is 26.0. The van der Waals surface area contributed by atoms with Crippen LogP contribution in [0.3, 0.4) is 0 Å². The number of anilines is 1. The Morgan fingerprint density at radius 1 is 1.21 bits per heavy atom. The van der Waals surface area contributed by atoms with Crippen molar-refractivity contribution in [2.24, 2.45) is 17.3 Å². The normalized spacial score (nSPS) is 27.4. The lowest BCUT2D eigenvalue weighted by molar-refractivity contribution is -0.149. The van der Waals surface area contributed by atoms with E-state index in [-0.39, 0.29) is 11.9 Å². The van der Waals surface area contributed by atoms with Crippen molar-refractivity contribution in [2.45, 2.75) is 32.1 Å². The average Bonchev–Trinajstić information content (AvgIpc) is 3.27. The van der Waals surface area contributed by atoms with Crippen molar-refractivity contribution in [3.05, 3.63) is 24.3 Å². The molecule has 4 rings (SSSR count). The maximum Gasteiger partial charge on any atom is 0.321 e. The van der Waals surface area contributed by atoms with Crippen LogP contribution in [-0.4, -0.2) is 54.9 Å². The number of carboxylic acids is 1. The largest absolute Gasteiger partial charge is 0.493 e. The summed E-state index contributed by atoms with van der Waals surface area (Å²) in [6, 6.07) is 7.12. The minimum absolute atomic E-state index is 0.0664. The molecule has 0 bridgehead atoms. The molecule has 2 atom stereocenters. The summed E-state index contributed by atoms with van der Waals surface area (Å²) >= 11 is 0. The van der Waals surface area contributed by atoms with Gasteiger partial charge in [-0.2, -0.15) is 0 Å². The molecule has 7 nitrogen and oxygen atoms in total. The van der Waals surface area contributed by atoms with Crippen LogP contribution in [0.4, 0.5) is 10.5 Å². The van der Waals surface area contributed by atoms with Crippen LogP contribution in [-0.2, 0) is 9.53 Å². The van der Waals surface area contributed by atoms with Crippen LogP contribution in [0.5, 0.6) is 5.75 Å². The Labute approximate surface area is 165 Å². The van der Waals surface area contributed by atoms with Gasteiger partial charge in [-0.15, -0.1) is 0 Å². The van der Waals surface area contributed by atoms with E-state index in [2.05, 4.69) is 5.32 Å². The number of benzene rings is 1. The minimum Gasteiger partial charge on any atom is -0.493 e. The van der Waals surface area contributed by atoms with E-state index in [1.165, 1.54) is 0 Å². The second-order valence-electron chi connectivity index (χ2n) is 8.25. The van der Waals surface area contributed by atoms with Gasteiger partial charge in [-0.05, 0) is 61.8 Å². The maximum atomic E-state index is 12.6. The molecule has 2 aliphatic heterocycles. The van der Waals surface area contributed by atoms with Gasteiger partial charge in [-0.1, -0.05) is 6.42 Å². The lowest BCUT2D eigenvalue weighted by atomic mass is 9.81. The number of hydrogen-bond donors (Lipinski definition) is 2. The number of likely N-dealkylation sites (tertiary alicyclic amines) is 1. The number of amides is 2. The zero-order valence-corrected chi connectivity index (χ0v) is 16.1. The van der Waals surface area contributed by atoms with Crippen molar-refractivity contribution in [3.63, 3.8) is 0 Å². The molecule has 1 saturated carbocycles. The Bertz CT molecular complexity index is 716. The van der Waals surface area contributed by atoms with E-state index in [0.29, 0.717) is 37.7 Å². The summed E-state index contributed by atoms with van der Waals surface area (Å²) in [7, 11) is 0. The number of fused-ring (bicyclic) bond motifs is 1. The Morgan fingerprint density at radius 3 is 2.64 bits per heavy atom. The Balaban J connectivity index is 1.29. The molecule has 2 amide bonds. The van der Waals surface area contributed by atoms with Crippen molar-refractivity contribution < 1.29 is 24.2 Å². The van der Waals surface area contributed by atoms with Gasteiger partial charge in [0.15, 0.2) is 0 Å². The monoisotopic (exact) mass is 388 g/mol. The number of carbonyl (C=O) groups is 2. The highest BCUT2D eigenvalue weighted by Crippen LogP contribution is 2.48. The summed E-state index contributed by atoms with van der Waals surface area (Å²) in [5, 5.41) is 12.5. The Kier molecular flexibility index (Phi) is 5.44. The van der Waals surface area contributed by atoms with Gasteiger partial charge < -0.3 is 24.8 Å². The van der Waals surface area contributed by atoms with Crippen LogP contribution in [0, 0.1) is 17.3 Å². The van der Waals surface area contributed by atoms with Gasteiger partial charge in [0.1, 0.15) is 5.75 Å². The molecule has 1 aromatic carbocycles. The van der Waals surface area contributed by atoms with E-state index < -0.39 is 11.4 Å². The van der Waals surface area contributed by atoms with Crippen LogP contribution in [0.1, 0.15) is 32.1 Å². The van der Waals surface area contributed by atoms with Gasteiger partial charge in [-0.25, -0.2) is 4.79 Å². The molecule has 152 valence electrons. The molecular formula is C21H28N2O5. The van der Waals surface area contributed by atoms with Crippen LogP contribution in [0.25, 0.3) is 0 Å². The minimum atomic E-state index is -0.767. The van der Waals surface area contributed by atoms with Gasteiger partial charge in [0.05, 0.1) is 12.0 Å². The number of nitrogens with one attached hydrogen (secondary N) is 1. The first-order valence-electron chi connectivity index (χ1n) is 10.2. The average molecular weight is 388 g/mol. The number of nitrogens with zero attached hydrogens (tertiary/aromatic N) is 1. The predicted octanol–water partition coefficient (Wildman–Crippen LogP) is 3.21. The quantitative estimate of drug-likeness (QED) is 0.809. The van der Waals surface area contributed by atoms with E-state index in [1.54, 1.807) is 4.90 Å². The van der Waals surface area contributed by atoms with Crippen LogP contribution < -0.4 is 10.1 Å². The first kappa shape index (κ1) is 19.1. The molecule has 1 aromatic rings. The summed E-state index contributed by atoms with van der Waals surface area (Å²) in [6.07, 6.45) is 4.54. The van der Waals surface area contributed by atoms with E-state index in [4.69, 9.17) is 9.47 Å². The second kappa shape index (κ2) is 7.99. The molecule has 0 aromatic heterocycles. The van der Waals surface area contributed by atoms with E-state index in [1.807, 2.05) is 24.3 Å². The second-order valence-corrected chi connectivity index (χ2v) is 8.25. The van der Waals surface area contributed by atoms with Crippen molar-refractivity contribution in [1.82, 2.24) is 4.90 Å². The molecule has 3 fully saturated rings. The van der Waals surface area contributed by atoms with Gasteiger partial charge in [0, 0.05) is 32.0 Å². The number of rotatable bonds is 5. The number of urea groups is 1. The molecule has 28 heavy (non-hydrogen) atoms. The maximum absolute atomic E-state index is 12.6. The van der Waals surface area contributed by atoms with Gasteiger partial charge >= 0.3 is 12.0 Å². The van der Waals surface area contributed by atoms with Gasteiger partial charge in [0.25, 0.3) is 0 Å². The zero-order valence-electron chi connectivity index (χ0n) is 16.1.